The number of carbonyl (C=O) groups is 1. The number of benzene rings is 1. The molecule has 0 radical (unpaired) electrons. The minimum atomic E-state index is -4.40. The second-order valence-electron chi connectivity index (χ2n) is 7.98. The van der Waals surface area contributed by atoms with Gasteiger partial charge in [0.1, 0.15) is 12.2 Å². The number of alkyl halides is 3. The fourth-order valence-electron chi connectivity index (χ4n) is 3.88. The zero-order chi connectivity index (χ0) is 24.1. The van der Waals surface area contributed by atoms with Crippen molar-refractivity contribution < 1.29 is 22.2 Å². The number of aldehydes is 1. The Bertz CT molecular complexity index is 1250. The van der Waals surface area contributed by atoms with Crippen LogP contribution in [-0.4, -0.2) is 50.3 Å². The summed E-state index contributed by atoms with van der Waals surface area (Å²) in [6, 6.07) is 10.3. The molecule has 3 aromatic rings. The van der Waals surface area contributed by atoms with Gasteiger partial charge in [-0.3, -0.25) is 14.0 Å². The summed E-state index contributed by atoms with van der Waals surface area (Å²) in [7, 11) is -0.790. The van der Waals surface area contributed by atoms with Gasteiger partial charge in [0, 0.05) is 39.4 Å². The molecule has 0 spiro atoms. The van der Waals surface area contributed by atoms with Crippen molar-refractivity contribution in [2.75, 3.05) is 28.7 Å². The van der Waals surface area contributed by atoms with Crippen LogP contribution < -0.4 is 10.6 Å². The summed E-state index contributed by atoms with van der Waals surface area (Å²) in [6.45, 7) is -0.948. The van der Waals surface area contributed by atoms with Crippen molar-refractivity contribution in [3.05, 3.63) is 54.0 Å². The van der Waals surface area contributed by atoms with E-state index >= 15 is 0 Å². The van der Waals surface area contributed by atoms with E-state index in [1.54, 1.807) is 30.3 Å². The number of rotatable bonds is 6. The van der Waals surface area contributed by atoms with E-state index in [9.17, 15) is 22.2 Å². The fraction of sp³-hybridized carbons (Fsp3) is 0.333. The molecule has 0 bridgehead atoms. The van der Waals surface area contributed by atoms with E-state index in [-0.39, 0.29) is 18.3 Å². The second kappa shape index (κ2) is 10.3. The normalized spacial score (nSPS) is 18.2. The summed E-state index contributed by atoms with van der Waals surface area (Å²) in [5.41, 5.74) is 2.42. The molecule has 0 atom stereocenters. The predicted molar refractivity (Wildman–Crippen MR) is 128 cm³/mol. The lowest BCUT2D eigenvalue weighted by Crippen LogP contribution is -2.29. The maximum absolute atomic E-state index is 13.4. The first-order valence-electron chi connectivity index (χ1n) is 10.8. The summed E-state index contributed by atoms with van der Waals surface area (Å²) < 4.78 is 52.9. The molecule has 0 unspecified atom stereocenters. The fourth-order valence-corrected chi connectivity index (χ4v) is 5.18. The zero-order valence-electron chi connectivity index (χ0n) is 18.2. The first-order valence-corrected chi connectivity index (χ1v) is 12.3. The average Bonchev–Trinajstić information content (AvgIpc) is 3.15. The third-order valence-electron chi connectivity index (χ3n) is 5.54. The minimum Gasteiger partial charge on any atom is -0.382 e. The van der Waals surface area contributed by atoms with Crippen LogP contribution in [0.5, 0.6) is 0 Å². The van der Waals surface area contributed by atoms with E-state index in [0.717, 1.165) is 18.5 Å². The predicted octanol–water partition coefficient (Wildman–Crippen LogP) is 4.20. The molecule has 2 aromatic heterocycles. The van der Waals surface area contributed by atoms with E-state index in [2.05, 4.69) is 27.5 Å². The van der Waals surface area contributed by atoms with Crippen LogP contribution in [0.15, 0.2) is 42.6 Å². The number of nitrogens with zero attached hydrogens (tertiary/aromatic N) is 2. The summed E-state index contributed by atoms with van der Waals surface area (Å²) in [6.07, 6.45) is -0.754. The molecule has 10 heteroatoms. The van der Waals surface area contributed by atoms with Crippen molar-refractivity contribution in [2.24, 2.45) is 0 Å². The summed E-state index contributed by atoms with van der Waals surface area (Å²) in [4.78, 5) is 14.6. The second-order valence-corrected chi connectivity index (χ2v) is 9.68. The molecular weight excluding hydrogens is 465 g/mol. The smallest absolute Gasteiger partial charge is 0.382 e. The number of pyridine rings is 1. The number of carbonyl (C=O) groups excluding carboxylic acids is 1. The summed E-state index contributed by atoms with van der Waals surface area (Å²) in [5, 5.41) is 7.11. The molecule has 34 heavy (non-hydrogen) atoms. The van der Waals surface area contributed by atoms with Gasteiger partial charge in [-0.1, -0.05) is 12.0 Å². The Morgan fingerprint density at radius 3 is 2.68 bits per heavy atom. The van der Waals surface area contributed by atoms with Gasteiger partial charge < -0.3 is 15.2 Å². The third-order valence-corrected chi connectivity index (χ3v) is 6.92. The largest absolute Gasteiger partial charge is 0.406 e. The van der Waals surface area contributed by atoms with Gasteiger partial charge in [-0.25, -0.2) is 0 Å². The van der Waals surface area contributed by atoms with Gasteiger partial charge >= 0.3 is 6.18 Å². The molecule has 2 N–H and O–H groups in total. The zero-order valence-corrected chi connectivity index (χ0v) is 19.0. The number of hydrogen-bond donors (Lipinski definition) is 2. The maximum atomic E-state index is 13.4. The third kappa shape index (κ3) is 5.97. The number of hydrogen-bond acceptors (Lipinski definition) is 5. The van der Waals surface area contributed by atoms with Gasteiger partial charge in [0.2, 0.25) is 0 Å². The molecular formula is C24H23F3N4O2S. The van der Waals surface area contributed by atoms with E-state index in [4.69, 9.17) is 0 Å². The average molecular weight is 489 g/mol. The van der Waals surface area contributed by atoms with Crippen LogP contribution in [0.2, 0.25) is 0 Å². The van der Waals surface area contributed by atoms with Crippen LogP contribution in [-0.2, 0) is 17.3 Å². The molecule has 1 aromatic carbocycles. The van der Waals surface area contributed by atoms with Crippen LogP contribution in [0, 0.1) is 11.8 Å². The number of aromatic nitrogens is 2. The lowest BCUT2D eigenvalue weighted by molar-refractivity contribution is -0.140. The molecule has 1 saturated heterocycles. The Hall–Kier alpha value is -3.32. The highest BCUT2D eigenvalue weighted by Crippen LogP contribution is 2.31. The van der Waals surface area contributed by atoms with Crippen LogP contribution in [0.3, 0.4) is 0 Å². The topological polar surface area (TPSA) is 76.0 Å². The monoisotopic (exact) mass is 488 g/mol. The standard InChI is InChI=1S/C24H23F3N4O2S/c25-24(26,27)16-31-20(3-2-10-28-18-6-7-19(15-32)29-14-18)13-21-22(4-1-5-23(21)31)30-17-8-11-34(33)12-9-17/h1,4-7,13-15,17,28,30H,8-12,16H2. The van der Waals surface area contributed by atoms with E-state index in [1.807, 2.05) is 6.07 Å². The van der Waals surface area contributed by atoms with Crippen molar-refractivity contribution in [1.29, 1.82) is 0 Å². The van der Waals surface area contributed by atoms with Gasteiger partial charge in [-0.2, -0.15) is 13.2 Å². The van der Waals surface area contributed by atoms with Crippen molar-refractivity contribution >= 4 is 39.4 Å². The van der Waals surface area contributed by atoms with Gasteiger partial charge in [0.15, 0.2) is 6.29 Å². The molecule has 1 aliphatic rings. The SMILES string of the molecule is O=Cc1ccc(NCC#Cc2cc3c(NC4CCS(=O)CC4)cccc3n2CC(F)(F)F)cn1. The minimum absolute atomic E-state index is 0.132. The van der Waals surface area contributed by atoms with Crippen LogP contribution >= 0.6 is 0 Å². The van der Waals surface area contributed by atoms with Gasteiger partial charge in [0.25, 0.3) is 0 Å². The Morgan fingerprint density at radius 1 is 1.21 bits per heavy atom. The quantitative estimate of drug-likeness (QED) is 0.402. The van der Waals surface area contributed by atoms with Gasteiger partial charge in [-0.15, -0.1) is 0 Å². The Morgan fingerprint density at radius 2 is 2.00 bits per heavy atom. The number of fused-ring (bicyclic) bond motifs is 1. The van der Waals surface area contributed by atoms with Gasteiger partial charge in [0.05, 0.1) is 29.6 Å². The molecule has 0 amide bonds. The maximum Gasteiger partial charge on any atom is 0.406 e. The number of anilines is 2. The van der Waals surface area contributed by atoms with Crippen molar-refractivity contribution in [2.45, 2.75) is 31.6 Å². The van der Waals surface area contributed by atoms with Crippen LogP contribution in [0.25, 0.3) is 10.9 Å². The highest BCUT2D eigenvalue weighted by molar-refractivity contribution is 7.85. The number of halogens is 3. The lowest BCUT2D eigenvalue weighted by atomic mass is 10.1. The number of nitrogens with one attached hydrogen (secondary N) is 2. The first kappa shape index (κ1) is 23.8. The van der Waals surface area contributed by atoms with Gasteiger partial charge in [-0.05, 0) is 49.1 Å². The summed E-state index contributed by atoms with van der Waals surface area (Å²) >= 11 is 0. The van der Waals surface area contributed by atoms with Crippen molar-refractivity contribution in [3.63, 3.8) is 0 Å². The summed E-state index contributed by atoms with van der Waals surface area (Å²) in [5.74, 6) is 6.98. The molecule has 1 aliphatic heterocycles. The first-order chi connectivity index (χ1) is 16.3. The Labute approximate surface area is 197 Å². The molecule has 4 rings (SSSR count). The van der Waals surface area contributed by atoms with E-state index < -0.39 is 23.5 Å². The highest BCUT2D eigenvalue weighted by atomic mass is 32.2. The van der Waals surface area contributed by atoms with Crippen molar-refractivity contribution in [3.8, 4) is 11.8 Å². The molecule has 0 aliphatic carbocycles. The van der Waals surface area contributed by atoms with Crippen LogP contribution in [0.1, 0.15) is 29.0 Å². The van der Waals surface area contributed by atoms with E-state index in [1.165, 1.54) is 10.8 Å². The lowest BCUT2D eigenvalue weighted by Gasteiger charge is -2.24. The Kier molecular flexibility index (Phi) is 7.22. The highest BCUT2D eigenvalue weighted by Gasteiger charge is 2.30. The molecule has 1 fully saturated rings. The molecule has 0 saturated carbocycles. The molecule has 3 heterocycles. The van der Waals surface area contributed by atoms with E-state index in [0.29, 0.717) is 40.1 Å². The Balaban J connectivity index is 1.58. The molecule has 6 nitrogen and oxygen atoms in total. The molecule has 178 valence electrons. The van der Waals surface area contributed by atoms with Crippen LogP contribution in [0.4, 0.5) is 24.5 Å². The van der Waals surface area contributed by atoms with Crippen molar-refractivity contribution in [1.82, 2.24) is 9.55 Å².